The van der Waals surface area contributed by atoms with Crippen molar-refractivity contribution < 1.29 is 15.0 Å². The number of benzene rings is 1. The highest BCUT2D eigenvalue weighted by Gasteiger charge is 2.11. The minimum Gasteiger partial charge on any atom is -0.508 e. The molecule has 14 heavy (non-hydrogen) atoms. The van der Waals surface area contributed by atoms with Gasteiger partial charge in [-0.1, -0.05) is 0 Å². The van der Waals surface area contributed by atoms with Crippen LogP contribution in [0.5, 0.6) is 11.5 Å². The minimum absolute atomic E-state index is 0.0519. The van der Waals surface area contributed by atoms with Crippen LogP contribution in [0.15, 0.2) is 18.2 Å². The third-order valence-corrected chi connectivity index (χ3v) is 1.74. The first-order valence-electron chi connectivity index (χ1n) is 4.20. The van der Waals surface area contributed by atoms with E-state index in [1.807, 2.05) is 0 Å². The van der Waals surface area contributed by atoms with Gasteiger partial charge in [0.15, 0.2) is 5.78 Å². The Morgan fingerprint density at radius 1 is 1.36 bits per heavy atom. The molecular weight excluding hydrogens is 182 g/mol. The summed E-state index contributed by atoms with van der Waals surface area (Å²) >= 11 is 0. The van der Waals surface area contributed by atoms with Crippen molar-refractivity contribution in [1.82, 2.24) is 4.90 Å². The third kappa shape index (κ3) is 2.47. The summed E-state index contributed by atoms with van der Waals surface area (Å²) in [4.78, 5) is 13.2. The highest BCUT2D eigenvalue weighted by Crippen LogP contribution is 2.22. The van der Waals surface area contributed by atoms with E-state index in [9.17, 15) is 9.90 Å². The van der Waals surface area contributed by atoms with E-state index < -0.39 is 0 Å². The maximum absolute atomic E-state index is 11.5. The van der Waals surface area contributed by atoms with Gasteiger partial charge >= 0.3 is 0 Å². The van der Waals surface area contributed by atoms with Gasteiger partial charge in [0.05, 0.1) is 12.1 Å². The van der Waals surface area contributed by atoms with Crippen LogP contribution in [0.3, 0.4) is 0 Å². The number of phenols is 2. The number of Topliss-reactive ketones (excluding diaryl/α,β-unsaturated/α-hetero) is 1. The molecule has 0 aliphatic carbocycles. The Balaban J connectivity index is 2.90. The average Bonchev–Trinajstić information content (AvgIpc) is 2.01. The Kier molecular flexibility index (Phi) is 3.09. The lowest BCUT2D eigenvalue weighted by atomic mass is 10.1. The van der Waals surface area contributed by atoms with Crippen molar-refractivity contribution in [2.75, 3.05) is 20.6 Å². The predicted octanol–water partition coefficient (Wildman–Crippen LogP) is 0.842. The number of likely N-dealkylation sites (N-methyl/N-ethyl adjacent to an activating group) is 1. The van der Waals surface area contributed by atoms with Crippen LogP contribution < -0.4 is 0 Å². The number of phenolic OH excluding ortho intramolecular Hbond substituents is 2. The molecule has 0 atom stereocenters. The zero-order valence-electron chi connectivity index (χ0n) is 8.19. The number of carbonyl (C=O) groups excluding carboxylic acids is 1. The van der Waals surface area contributed by atoms with Crippen molar-refractivity contribution >= 4 is 5.78 Å². The van der Waals surface area contributed by atoms with E-state index in [1.165, 1.54) is 12.1 Å². The average molecular weight is 195 g/mol. The molecule has 0 radical (unpaired) electrons. The number of hydrogen-bond donors (Lipinski definition) is 2. The van der Waals surface area contributed by atoms with Crippen molar-refractivity contribution in [3.63, 3.8) is 0 Å². The molecule has 0 heterocycles. The van der Waals surface area contributed by atoms with Crippen LogP contribution in [0.25, 0.3) is 0 Å². The Labute approximate surface area is 82.4 Å². The lowest BCUT2D eigenvalue weighted by Gasteiger charge is -2.09. The molecule has 4 heteroatoms. The first kappa shape index (κ1) is 10.5. The van der Waals surface area contributed by atoms with Crippen molar-refractivity contribution in [3.05, 3.63) is 23.8 Å². The lowest BCUT2D eigenvalue weighted by Crippen LogP contribution is -2.21. The van der Waals surface area contributed by atoms with E-state index in [0.29, 0.717) is 0 Å². The molecule has 1 aromatic carbocycles. The Bertz CT molecular complexity index is 347. The van der Waals surface area contributed by atoms with E-state index in [0.717, 1.165) is 6.07 Å². The summed E-state index contributed by atoms with van der Waals surface area (Å²) in [5, 5.41) is 18.4. The van der Waals surface area contributed by atoms with Crippen LogP contribution in [-0.4, -0.2) is 41.5 Å². The normalized spacial score (nSPS) is 10.5. The zero-order valence-corrected chi connectivity index (χ0v) is 8.19. The summed E-state index contributed by atoms with van der Waals surface area (Å²) in [7, 11) is 3.55. The fraction of sp³-hybridized carbons (Fsp3) is 0.300. The van der Waals surface area contributed by atoms with E-state index in [1.54, 1.807) is 19.0 Å². The molecule has 1 aromatic rings. The maximum Gasteiger partial charge on any atom is 0.180 e. The van der Waals surface area contributed by atoms with E-state index in [4.69, 9.17) is 5.11 Å². The largest absolute Gasteiger partial charge is 0.508 e. The standard InChI is InChI=1S/C10H13NO3/c1-11(2)6-10(14)8-4-3-7(12)5-9(8)13/h3-5,12-13H,6H2,1-2H3. The van der Waals surface area contributed by atoms with Crippen LogP contribution in [0.2, 0.25) is 0 Å². The van der Waals surface area contributed by atoms with Crippen LogP contribution in [0.1, 0.15) is 10.4 Å². The highest BCUT2D eigenvalue weighted by molar-refractivity contribution is 6.00. The molecule has 0 spiro atoms. The SMILES string of the molecule is CN(C)CC(=O)c1ccc(O)cc1O. The second-order valence-corrected chi connectivity index (χ2v) is 3.36. The summed E-state index contributed by atoms with van der Waals surface area (Å²) in [6.45, 7) is 0.234. The molecule has 0 saturated carbocycles. The first-order valence-corrected chi connectivity index (χ1v) is 4.20. The van der Waals surface area contributed by atoms with Crippen molar-refractivity contribution in [2.24, 2.45) is 0 Å². The maximum atomic E-state index is 11.5. The number of nitrogens with zero attached hydrogens (tertiary/aromatic N) is 1. The lowest BCUT2D eigenvalue weighted by molar-refractivity contribution is 0.0955. The Morgan fingerprint density at radius 2 is 2.00 bits per heavy atom. The van der Waals surface area contributed by atoms with Crippen LogP contribution in [-0.2, 0) is 0 Å². The highest BCUT2D eigenvalue weighted by atomic mass is 16.3. The molecule has 0 fully saturated rings. The molecule has 76 valence electrons. The van der Waals surface area contributed by atoms with Crippen LogP contribution in [0, 0.1) is 0 Å². The summed E-state index contributed by atoms with van der Waals surface area (Å²) in [5.74, 6) is -0.409. The number of ketones is 1. The molecule has 0 aromatic heterocycles. The summed E-state index contributed by atoms with van der Waals surface area (Å²) in [5.41, 5.74) is 0.233. The third-order valence-electron chi connectivity index (χ3n) is 1.74. The molecule has 0 aliphatic heterocycles. The van der Waals surface area contributed by atoms with E-state index in [2.05, 4.69) is 0 Å². The van der Waals surface area contributed by atoms with Gasteiger partial charge in [-0.2, -0.15) is 0 Å². The smallest absolute Gasteiger partial charge is 0.180 e. The second kappa shape index (κ2) is 4.11. The van der Waals surface area contributed by atoms with Crippen molar-refractivity contribution in [1.29, 1.82) is 0 Å². The minimum atomic E-state index is -0.183. The molecule has 0 unspecified atom stereocenters. The second-order valence-electron chi connectivity index (χ2n) is 3.36. The summed E-state index contributed by atoms with van der Waals surface area (Å²) < 4.78 is 0. The van der Waals surface area contributed by atoms with E-state index >= 15 is 0 Å². The molecule has 0 bridgehead atoms. The van der Waals surface area contributed by atoms with Gasteiger partial charge in [-0.15, -0.1) is 0 Å². The summed E-state index contributed by atoms with van der Waals surface area (Å²) in [6, 6.07) is 3.95. The number of hydrogen-bond acceptors (Lipinski definition) is 4. The fourth-order valence-electron chi connectivity index (χ4n) is 1.13. The number of rotatable bonds is 3. The topological polar surface area (TPSA) is 60.8 Å². The quantitative estimate of drug-likeness (QED) is 0.702. The molecule has 0 saturated heterocycles. The molecule has 0 aliphatic rings. The van der Waals surface area contributed by atoms with Gasteiger partial charge in [0.25, 0.3) is 0 Å². The van der Waals surface area contributed by atoms with Gasteiger partial charge in [0, 0.05) is 6.07 Å². The Morgan fingerprint density at radius 3 is 2.50 bits per heavy atom. The van der Waals surface area contributed by atoms with Gasteiger partial charge in [0.1, 0.15) is 11.5 Å². The molecule has 0 amide bonds. The van der Waals surface area contributed by atoms with Crippen LogP contribution >= 0.6 is 0 Å². The summed E-state index contributed by atoms with van der Waals surface area (Å²) in [6.07, 6.45) is 0. The van der Waals surface area contributed by atoms with Gasteiger partial charge in [0.2, 0.25) is 0 Å². The van der Waals surface area contributed by atoms with Gasteiger partial charge in [-0.3, -0.25) is 4.79 Å². The predicted molar refractivity (Wildman–Crippen MR) is 52.7 cm³/mol. The molecular formula is C10H13NO3. The Hall–Kier alpha value is -1.55. The fourth-order valence-corrected chi connectivity index (χ4v) is 1.13. The van der Waals surface area contributed by atoms with Crippen LogP contribution in [0.4, 0.5) is 0 Å². The monoisotopic (exact) mass is 195 g/mol. The van der Waals surface area contributed by atoms with E-state index in [-0.39, 0.29) is 29.4 Å². The van der Waals surface area contributed by atoms with Gasteiger partial charge < -0.3 is 15.1 Å². The van der Waals surface area contributed by atoms with Gasteiger partial charge in [-0.05, 0) is 26.2 Å². The zero-order chi connectivity index (χ0) is 10.7. The molecule has 2 N–H and O–H groups in total. The molecule has 1 rings (SSSR count). The van der Waals surface area contributed by atoms with Crippen molar-refractivity contribution in [2.45, 2.75) is 0 Å². The van der Waals surface area contributed by atoms with Gasteiger partial charge in [-0.25, -0.2) is 0 Å². The van der Waals surface area contributed by atoms with Crippen molar-refractivity contribution in [3.8, 4) is 11.5 Å². The number of aromatic hydroxyl groups is 2. The molecule has 4 nitrogen and oxygen atoms in total. The number of carbonyl (C=O) groups is 1. The first-order chi connectivity index (χ1) is 6.50.